The highest BCUT2D eigenvalue weighted by Crippen LogP contribution is 2.16. The van der Waals surface area contributed by atoms with Gasteiger partial charge in [0.2, 0.25) is 0 Å². The zero-order valence-corrected chi connectivity index (χ0v) is 11.0. The summed E-state index contributed by atoms with van der Waals surface area (Å²) < 4.78 is 27.2. The van der Waals surface area contributed by atoms with Crippen molar-refractivity contribution in [1.82, 2.24) is 0 Å². The molecule has 4 nitrogen and oxygen atoms in total. The van der Waals surface area contributed by atoms with Crippen LogP contribution >= 0.6 is 0 Å². The smallest absolute Gasteiger partial charge is 0.305 e. The quantitative estimate of drug-likeness (QED) is 0.766. The van der Waals surface area contributed by atoms with E-state index in [9.17, 15) is 13.2 Å². The molecule has 0 bridgehead atoms. The van der Waals surface area contributed by atoms with Crippen molar-refractivity contribution in [3.05, 3.63) is 29.3 Å². The lowest BCUT2D eigenvalue weighted by Crippen LogP contribution is -2.04. The topological polar surface area (TPSA) is 60.4 Å². The van der Waals surface area contributed by atoms with E-state index < -0.39 is 9.84 Å². The van der Waals surface area contributed by atoms with Crippen LogP contribution in [-0.4, -0.2) is 27.8 Å². The molecule has 0 spiro atoms. The largest absolute Gasteiger partial charge is 0.469 e. The summed E-state index contributed by atoms with van der Waals surface area (Å²) >= 11 is 0. The van der Waals surface area contributed by atoms with Gasteiger partial charge in [-0.05, 0) is 36.6 Å². The van der Waals surface area contributed by atoms with Crippen molar-refractivity contribution >= 4 is 15.8 Å². The number of hydrogen-bond donors (Lipinski definition) is 0. The molecule has 0 aliphatic carbocycles. The molecule has 0 radical (unpaired) electrons. The first kappa shape index (κ1) is 13.7. The lowest BCUT2D eigenvalue weighted by Gasteiger charge is -2.07. The van der Waals surface area contributed by atoms with Crippen LogP contribution in [0.4, 0.5) is 0 Å². The van der Waals surface area contributed by atoms with Gasteiger partial charge in [0, 0.05) is 12.7 Å². The van der Waals surface area contributed by atoms with Crippen molar-refractivity contribution in [1.29, 1.82) is 0 Å². The molecule has 0 aliphatic heterocycles. The van der Waals surface area contributed by atoms with Gasteiger partial charge in [0.1, 0.15) is 0 Å². The van der Waals surface area contributed by atoms with E-state index in [0.717, 1.165) is 11.1 Å². The number of rotatable bonds is 4. The Morgan fingerprint density at radius 1 is 1.35 bits per heavy atom. The minimum atomic E-state index is -3.17. The molecule has 0 N–H and O–H groups in total. The summed E-state index contributed by atoms with van der Waals surface area (Å²) in [6.45, 7) is 1.83. The highest BCUT2D eigenvalue weighted by molar-refractivity contribution is 7.90. The maximum atomic E-state index is 11.3. The highest BCUT2D eigenvalue weighted by atomic mass is 32.2. The number of esters is 1. The summed E-state index contributed by atoms with van der Waals surface area (Å²) in [4.78, 5) is 11.3. The number of benzene rings is 1. The second-order valence-electron chi connectivity index (χ2n) is 3.94. The van der Waals surface area contributed by atoms with Gasteiger partial charge in [0.25, 0.3) is 0 Å². The van der Waals surface area contributed by atoms with Crippen LogP contribution in [0.3, 0.4) is 0 Å². The molecule has 0 fully saturated rings. The van der Waals surface area contributed by atoms with E-state index in [-0.39, 0.29) is 5.97 Å². The van der Waals surface area contributed by atoms with Crippen LogP contribution in [0.15, 0.2) is 23.1 Å². The van der Waals surface area contributed by atoms with Crippen LogP contribution in [0.2, 0.25) is 0 Å². The first-order valence-corrected chi connectivity index (χ1v) is 7.10. The maximum Gasteiger partial charge on any atom is 0.305 e. The van der Waals surface area contributed by atoms with E-state index in [1.54, 1.807) is 18.2 Å². The molecule has 1 aromatic carbocycles. The van der Waals surface area contributed by atoms with Gasteiger partial charge in [-0.2, -0.15) is 0 Å². The Bertz CT molecular complexity index is 517. The summed E-state index contributed by atoms with van der Waals surface area (Å²) in [7, 11) is -1.82. The number of carbonyl (C=O) groups is 1. The van der Waals surface area contributed by atoms with Crippen molar-refractivity contribution in [2.45, 2.75) is 24.7 Å². The number of sulfone groups is 1. The standard InChI is InChI=1S/C12H16O4S/c1-9-8-11(17(3,14)15)6-4-10(9)5-7-12(13)16-2/h4,6,8H,5,7H2,1-3H3. The van der Waals surface area contributed by atoms with E-state index in [1.165, 1.54) is 13.4 Å². The molecule has 0 saturated heterocycles. The monoisotopic (exact) mass is 256 g/mol. The highest BCUT2D eigenvalue weighted by Gasteiger charge is 2.10. The lowest BCUT2D eigenvalue weighted by atomic mass is 10.0. The molecule has 1 aromatic rings. The average molecular weight is 256 g/mol. The molecule has 0 aromatic heterocycles. The summed E-state index contributed by atoms with van der Waals surface area (Å²) in [6.07, 6.45) is 2.04. The van der Waals surface area contributed by atoms with Gasteiger partial charge >= 0.3 is 5.97 Å². The molecule has 0 heterocycles. The van der Waals surface area contributed by atoms with Gasteiger partial charge in [0.05, 0.1) is 12.0 Å². The number of hydrogen-bond acceptors (Lipinski definition) is 4. The second-order valence-corrected chi connectivity index (χ2v) is 5.95. The van der Waals surface area contributed by atoms with Gasteiger partial charge in [-0.25, -0.2) is 8.42 Å². The van der Waals surface area contributed by atoms with E-state index in [0.29, 0.717) is 17.7 Å². The van der Waals surface area contributed by atoms with Crippen molar-refractivity contribution in [2.24, 2.45) is 0 Å². The van der Waals surface area contributed by atoms with E-state index in [4.69, 9.17) is 0 Å². The molecule has 0 unspecified atom stereocenters. The first-order valence-electron chi connectivity index (χ1n) is 5.21. The van der Waals surface area contributed by atoms with Crippen LogP contribution in [0, 0.1) is 6.92 Å². The Hall–Kier alpha value is -1.36. The Morgan fingerprint density at radius 3 is 2.47 bits per heavy atom. The Kier molecular flexibility index (Phi) is 4.28. The molecule has 0 saturated carbocycles. The Morgan fingerprint density at radius 2 is 2.00 bits per heavy atom. The predicted octanol–water partition coefficient (Wildman–Crippen LogP) is 1.50. The molecule has 0 amide bonds. The lowest BCUT2D eigenvalue weighted by molar-refractivity contribution is -0.140. The van der Waals surface area contributed by atoms with Gasteiger partial charge in [-0.3, -0.25) is 4.79 Å². The number of aryl methyl sites for hydroxylation is 2. The summed E-state index contributed by atoms with van der Waals surface area (Å²) in [5.41, 5.74) is 1.83. The number of ether oxygens (including phenoxy) is 1. The van der Waals surface area contributed by atoms with Crippen molar-refractivity contribution in [3.8, 4) is 0 Å². The summed E-state index contributed by atoms with van der Waals surface area (Å²) in [5, 5.41) is 0. The van der Waals surface area contributed by atoms with Gasteiger partial charge in [-0.1, -0.05) is 6.07 Å². The molecule has 5 heteroatoms. The summed E-state index contributed by atoms with van der Waals surface area (Å²) in [5.74, 6) is -0.267. The van der Waals surface area contributed by atoms with Crippen LogP contribution in [0.1, 0.15) is 17.5 Å². The third kappa shape index (κ3) is 3.85. The van der Waals surface area contributed by atoms with Crippen LogP contribution < -0.4 is 0 Å². The third-order valence-electron chi connectivity index (χ3n) is 2.57. The fraction of sp³-hybridized carbons (Fsp3) is 0.417. The van der Waals surface area contributed by atoms with Crippen molar-refractivity contribution in [2.75, 3.05) is 13.4 Å². The fourth-order valence-electron chi connectivity index (χ4n) is 1.52. The average Bonchev–Trinajstić information content (AvgIpc) is 2.25. The molecule has 1 rings (SSSR count). The van der Waals surface area contributed by atoms with Gasteiger partial charge in [-0.15, -0.1) is 0 Å². The normalized spacial score (nSPS) is 11.2. The molecular weight excluding hydrogens is 240 g/mol. The summed E-state index contributed by atoms with van der Waals surface area (Å²) in [6, 6.07) is 4.94. The van der Waals surface area contributed by atoms with Crippen LogP contribution in [-0.2, 0) is 25.8 Å². The minimum Gasteiger partial charge on any atom is -0.469 e. The third-order valence-corrected chi connectivity index (χ3v) is 3.68. The Labute approximate surface area is 102 Å². The molecular formula is C12H16O4S. The van der Waals surface area contributed by atoms with Crippen molar-refractivity contribution in [3.63, 3.8) is 0 Å². The molecule has 94 valence electrons. The van der Waals surface area contributed by atoms with Gasteiger partial charge in [0.15, 0.2) is 9.84 Å². The fourth-order valence-corrected chi connectivity index (χ4v) is 2.22. The predicted molar refractivity (Wildman–Crippen MR) is 64.6 cm³/mol. The van der Waals surface area contributed by atoms with Crippen LogP contribution in [0.5, 0.6) is 0 Å². The van der Waals surface area contributed by atoms with E-state index >= 15 is 0 Å². The number of methoxy groups -OCH3 is 1. The van der Waals surface area contributed by atoms with Gasteiger partial charge < -0.3 is 4.74 Å². The minimum absolute atomic E-state index is 0.267. The second kappa shape index (κ2) is 5.31. The molecule has 0 aliphatic rings. The maximum absolute atomic E-state index is 11.3. The van der Waals surface area contributed by atoms with E-state index in [2.05, 4.69) is 4.74 Å². The van der Waals surface area contributed by atoms with E-state index in [1.807, 2.05) is 6.92 Å². The molecule has 0 atom stereocenters. The van der Waals surface area contributed by atoms with Crippen molar-refractivity contribution < 1.29 is 17.9 Å². The molecule has 17 heavy (non-hydrogen) atoms. The SMILES string of the molecule is COC(=O)CCc1ccc(S(C)(=O)=O)cc1C. The zero-order chi connectivity index (χ0) is 13.1. The Balaban J connectivity index is 2.88. The van der Waals surface area contributed by atoms with Crippen LogP contribution in [0.25, 0.3) is 0 Å². The zero-order valence-electron chi connectivity index (χ0n) is 10.2. The number of carbonyl (C=O) groups excluding carboxylic acids is 1. The first-order chi connectivity index (χ1) is 7.84.